The highest BCUT2D eigenvalue weighted by Gasteiger charge is 2.09. The standard InChI is InChI=1S/C15H10BrClO3/c16-12-4-2-11(3-5-12)14(19)9-20-15-6-1-10(8-18)7-13(15)17/h1-8H,9H2. The summed E-state index contributed by atoms with van der Waals surface area (Å²) in [4.78, 5) is 22.5. The number of aldehydes is 1. The third-order valence-corrected chi connectivity index (χ3v) is 3.44. The van der Waals surface area contributed by atoms with Gasteiger partial charge in [0, 0.05) is 15.6 Å². The monoisotopic (exact) mass is 352 g/mol. The molecule has 0 saturated carbocycles. The minimum Gasteiger partial charge on any atom is -0.484 e. The van der Waals surface area contributed by atoms with Gasteiger partial charge in [-0.15, -0.1) is 0 Å². The fourth-order valence-corrected chi connectivity index (χ4v) is 2.08. The normalized spacial score (nSPS) is 10.1. The van der Waals surface area contributed by atoms with Crippen LogP contribution in [0.15, 0.2) is 46.9 Å². The first-order valence-corrected chi connectivity index (χ1v) is 6.93. The molecule has 0 radical (unpaired) electrons. The molecular weight excluding hydrogens is 344 g/mol. The Bertz CT molecular complexity index is 638. The zero-order chi connectivity index (χ0) is 14.5. The molecule has 0 bridgehead atoms. The molecule has 0 amide bonds. The summed E-state index contributed by atoms with van der Waals surface area (Å²) < 4.78 is 6.28. The molecule has 0 aromatic heterocycles. The second kappa shape index (κ2) is 6.68. The first-order chi connectivity index (χ1) is 9.60. The SMILES string of the molecule is O=Cc1ccc(OCC(=O)c2ccc(Br)cc2)c(Cl)c1. The highest BCUT2D eigenvalue weighted by Crippen LogP contribution is 2.25. The Morgan fingerprint density at radius 2 is 1.90 bits per heavy atom. The molecule has 0 N–H and O–H groups in total. The summed E-state index contributed by atoms with van der Waals surface area (Å²) in [7, 11) is 0. The van der Waals surface area contributed by atoms with E-state index in [-0.39, 0.29) is 12.4 Å². The van der Waals surface area contributed by atoms with E-state index >= 15 is 0 Å². The molecule has 20 heavy (non-hydrogen) atoms. The van der Waals surface area contributed by atoms with Gasteiger partial charge in [0.15, 0.2) is 12.4 Å². The highest BCUT2D eigenvalue weighted by molar-refractivity contribution is 9.10. The molecule has 2 aromatic carbocycles. The van der Waals surface area contributed by atoms with Crippen LogP contribution in [0.5, 0.6) is 5.75 Å². The van der Waals surface area contributed by atoms with E-state index in [2.05, 4.69) is 15.9 Å². The quantitative estimate of drug-likeness (QED) is 0.598. The summed E-state index contributed by atoms with van der Waals surface area (Å²) in [5, 5.41) is 0.304. The van der Waals surface area contributed by atoms with Crippen molar-refractivity contribution in [3.05, 3.63) is 63.1 Å². The second-order valence-corrected chi connectivity index (χ2v) is 5.35. The zero-order valence-corrected chi connectivity index (χ0v) is 12.6. The van der Waals surface area contributed by atoms with Gasteiger partial charge in [-0.2, -0.15) is 0 Å². The van der Waals surface area contributed by atoms with Gasteiger partial charge in [-0.3, -0.25) is 9.59 Å². The number of halogens is 2. The molecule has 2 rings (SSSR count). The third-order valence-electron chi connectivity index (χ3n) is 2.62. The predicted molar refractivity (Wildman–Crippen MR) is 80.8 cm³/mol. The predicted octanol–water partition coefficient (Wildman–Crippen LogP) is 4.18. The van der Waals surface area contributed by atoms with Crippen LogP contribution in [0.3, 0.4) is 0 Å². The Morgan fingerprint density at radius 1 is 1.20 bits per heavy atom. The van der Waals surface area contributed by atoms with Gasteiger partial charge in [-0.1, -0.05) is 39.7 Å². The molecule has 0 atom stereocenters. The molecule has 0 aliphatic rings. The lowest BCUT2D eigenvalue weighted by molar-refractivity contribution is 0.0921. The summed E-state index contributed by atoms with van der Waals surface area (Å²) in [6.45, 7) is -0.109. The van der Waals surface area contributed by atoms with E-state index in [1.165, 1.54) is 6.07 Å². The van der Waals surface area contributed by atoms with Crippen molar-refractivity contribution in [1.29, 1.82) is 0 Å². The number of ether oxygens (including phenoxy) is 1. The number of hydrogen-bond donors (Lipinski definition) is 0. The molecule has 3 nitrogen and oxygen atoms in total. The summed E-state index contributed by atoms with van der Waals surface area (Å²) in [5.41, 5.74) is 1.02. The first-order valence-electron chi connectivity index (χ1n) is 5.76. The summed E-state index contributed by atoms with van der Waals surface area (Å²) in [6, 6.07) is 11.7. The summed E-state index contributed by atoms with van der Waals surface area (Å²) >= 11 is 9.26. The lowest BCUT2D eigenvalue weighted by Gasteiger charge is -2.07. The van der Waals surface area contributed by atoms with Crippen molar-refractivity contribution in [2.24, 2.45) is 0 Å². The summed E-state index contributed by atoms with van der Waals surface area (Å²) in [6.07, 6.45) is 0.697. The van der Waals surface area contributed by atoms with E-state index in [9.17, 15) is 9.59 Å². The molecule has 0 spiro atoms. The Balaban J connectivity index is 2.03. The van der Waals surface area contributed by atoms with E-state index in [4.69, 9.17) is 16.3 Å². The van der Waals surface area contributed by atoms with Crippen LogP contribution in [-0.4, -0.2) is 18.7 Å². The van der Waals surface area contributed by atoms with E-state index in [0.717, 1.165) is 4.47 Å². The van der Waals surface area contributed by atoms with Crippen molar-refractivity contribution in [2.45, 2.75) is 0 Å². The number of carbonyl (C=O) groups is 2. The van der Waals surface area contributed by atoms with Crippen LogP contribution in [0.25, 0.3) is 0 Å². The highest BCUT2D eigenvalue weighted by atomic mass is 79.9. The van der Waals surface area contributed by atoms with Gasteiger partial charge in [0.2, 0.25) is 0 Å². The van der Waals surface area contributed by atoms with Crippen LogP contribution in [0.2, 0.25) is 5.02 Å². The number of carbonyl (C=O) groups excluding carboxylic acids is 2. The van der Waals surface area contributed by atoms with Gasteiger partial charge in [-0.25, -0.2) is 0 Å². The van der Waals surface area contributed by atoms with E-state index in [0.29, 0.717) is 28.2 Å². The second-order valence-electron chi connectivity index (χ2n) is 4.03. The van der Waals surface area contributed by atoms with Crippen molar-refractivity contribution in [3.8, 4) is 5.75 Å². The number of rotatable bonds is 5. The van der Waals surface area contributed by atoms with Crippen LogP contribution in [0.1, 0.15) is 20.7 Å². The molecule has 5 heteroatoms. The maximum atomic E-state index is 11.9. The molecule has 0 fully saturated rings. The van der Waals surface area contributed by atoms with E-state index < -0.39 is 0 Å². The largest absolute Gasteiger partial charge is 0.484 e. The first kappa shape index (κ1) is 14.8. The maximum absolute atomic E-state index is 11.9. The molecule has 0 saturated heterocycles. The Morgan fingerprint density at radius 3 is 2.50 bits per heavy atom. The Labute approximate surface area is 129 Å². The molecule has 102 valence electrons. The third kappa shape index (κ3) is 3.68. The van der Waals surface area contributed by atoms with Crippen LogP contribution in [-0.2, 0) is 0 Å². The van der Waals surface area contributed by atoms with Crippen LogP contribution in [0, 0.1) is 0 Å². The molecular formula is C15H10BrClO3. The number of Topliss-reactive ketones (excluding diaryl/α,β-unsaturated/α-hetero) is 1. The van der Waals surface area contributed by atoms with Crippen molar-refractivity contribution >= 4 is 39.6 Å². The number of hydrogen-bond acceptors (Lipinski definition) is 3. The number of ketones is 1. The molecule has 2 aromatic rings. The van der Waals surface area contributed by atoms with Gasteiger partial charge in [0.05, 0.1) is 5.02 Å². The lowest BCUT2D eigenvalue weighted by Crippen LogP contribution is -2.11. The van der Waals surface area contributed by atoms with Gasteiger partial charge in [0.25, 0.3) is 0 Å². The van der Waals surface area contributed by atoms with Gasteiger partial charge < -0.3 is 4.74 Å². The van der Waals surface area contributed by atoms with Crippen molar-refractivity contribution in [1.82, 2.24) is 0 Å². The average molecular weight is 354 g/mol. The summed E-state index contributed by atoms with van der Waals surface area (Å²) in [5.74, 6) is 0.232. The fraction of sp³-hybridized carbons (Fsp3) is 0.0667. The molecule has 0 heterocycles. The van der Waals surface area contributed by atoms with Crippen LogP contribution in [0.4, 0.5) is 0 Å². The topological polar surface area (TPSA) is 43.4 Å². The van der Waals surface area contributed by atoms with Crippen molar-refractivity contribution in [3.63, 3.8) is 0 Å². The zero-order valence-electron chi connectivity index (χ0n) is 10.3. The smallest absolute Gasteiger partial charge is 0.200 e. The minimum atomic E-state index is -0.145. The Hall–Kier alpha value is -1.65. The minimum absolute atomic E-state index is 0.109. The van der Waals surface area contributed by atoms with Gasteiger partial charge in [0.1, 0.15) is 12.0 Å². The molecule has 0 aliphatic carbocycles. The van der Waals surface area contributed by atoms with Gasteiger partial charge in [-0.05, 0) is 30.3 Å². The van der Waals surface area contributed by atoms with E-state index in [1.54, 1.807) is 36.4 Å². The molecule has 0 unspecified atom stereocenters. The van der Waals surface area contributed by atoms with Crippen molar-refractivity contribution in [2.75, 3.05) is 6.61 Å². The Kier molecular flexibility index (Phi) is 4.93. The maximum Gasteiger partial charge on any atom is 0.200 e. The van der Waals surface area contributed by atoms with E-state index in [1.807, 2.05) is 0 Å². The average Bonchev–Trinajstić information content (AvgIpc) is 2.46. The molecule has 0 aliphatic heterocycles. The fourth-order valence-electron chi connectivity index (χ4n) is 1.57. The van der Waals surface area contributed by atoms with Crippen LogP contribution < -0.4 is 4.74 Å². The van der Waals surface area contributed by atoms with Gasteiger partial charge >= 0.3 is 0 Å². The van der Waals surface area contributed by atoms with Crippen LogP contribution >= 0.6 is 27.5 Å². The lowest BCUT2D eigenvalue weighted by atomic mass is 10.1. The van der Waals surface area contributed by atoms with Crippen molar-refractivity contribution < 1.29 is 14.3 Å². The number of benzene rings is 2.